The molecule has 2 N–H and O–H groups in total. The monoisotopic (exact) mass is 353 g/mol. The van der Waals surface area contributed by atoms with E-state index in [1.807, 2.05) is 54.6 Å². The van der Waals surface area contributed by atoms with Gasteiger partial charge in [0.15, 0.2) is 0 Å². The molecule has 3 aromatic carbocycles. The summed E-state index contributed by atoms with van der Waals surface area (Å²) in [6, 6.07) is 22.5. The van der Waals surface area contributed by atoms with Crippen molar-refractivity contribution in [2.45, 2.75) is 11.5 Å². The molecule has 0 unspecified atom stereocenters. The van der Waals surface area contributed by atoms with Crippen LogP contribution in [0, 0.1) is 0 Å². The van der Waals surface area contributed by atoms with Crippen molar-refractivity contribution in [1.29, 1.82) is 0 Å². The van der Waals surface area contributed by atoms with E-state index in [0.29, 0.717) is 12.2 Å². The van der Waals surface area contributed by atoms with E-state index in [9.17, 15) is 8.42 Å². The number of sulfonamides is 1. The zero-order valence-corrected chi connectivity index (χ0v) is 14.7. The van der Waals surface area contributed by atoms with Crippen molar-refractivity contribution in [3.8, 4) is 22.3 Å². The van der Waals surface area contributed by atoms with E-state index in [1.165, 1.54) is 6.07 Å². The van der Waals surface area contributed by atoms with Crippen molar-refractivity contribution >= 4 is 10.0 Å². The molecule has 4 nitrogen and oxygen atoms in total. The highest BCUT2D eigenvalue weighted by molar-refractivity contribution is 7.89. The SMILES string of the molecule is COCc1ccc(-c2ccccc2-c2ccccc2S(N)(=O)=O)cc1. The van der Waals surface area contributed by atoms with Crippen molar-refractivity contribution < 1.29 is 13.2 Å². The Morgan fingerprint density at radius 3 is 1.96 bits per heavy atom. The predicted octanol–water partition coefficient (Wildman–Crippen LogP) is 3.81. The molecule has 0 heterocycles. The van der Waals surface area contributed by atoms with Gasteiger partial charge in [0.1, 0.15) is 0 Å². The van der Waals surface area contributed by atoms with Crippen LogP contribution in [0.2, 0.25) is 0 Å². The second-order valence-electron chi connectivity index (χ2n) is 5.72. The topological polar surface area (TPSA) is 69.4 Å². The van der Waals surface area contributed by atoms with Crippen molar-refractivity contribution in [3.05, 3.63) is 78.4 Å². The highest BCUT2D eigenvalue weighted by Gasteiger charge is 2.17. The Balaban J connectivity index is 2.15. The van der Waals surface area contributed by atoms with E-state index in [0.717, 1.165) is 22.3 Å². The van der Waals surface area contributed by atoms with Gasteiger partial charge in [-0.3, -0.25) is 0 Å². The van der Waals surface area contributed by atoms with E-state index in [-0.39, 0.29) is 4.90 Å². The third kappa shape index (κ3) is 3.79. The zero-order chi connectivity index (χ0) is 17.9. The summed E-state index contributed by atoms with van der Waals surface area (Å²) < 4.78 is 29.0. The highest BCUT2D eigenvalue weighted by Crippen LogP contribution is 2.35. The number of methoxy groups -OCH3 is 1. The van der Waals surface area contributed by atoms with E-state index in [4.69, 9.17) is 9.88 Å². The molecule has 0 aliphatic carbocycles. The molecule has 0 aromatic heterocycles. The smallest absolute Gasteiger partial charge is 0.238 e. The lowest BCUT2D eigenvalue weighted by Crippen LogP contribution is -2.13. The van der Waals surface area contributed by atoms with Gasteiger partial charge in [0.05, 0.1) is 11.5 Å². The molecule has 0 amide bonds. The van der Waals surface area contributed by atoms with Gasteiger partial charge < -0.3 is 4.74 Å². The molecular formula is C20H19NO3S. The van der Waals surface area contributed by atoms with Crippen LogP contribution in [0.3, 0.4) is 0 Å². The predicted molar refractivity (Wildman–Crippen MR) is 99.4 cm³/mol. The number of benzene rings is 3. The molecule has 0 radical (unpaired) electrons. The number of hydrogen-bond donors (Lipinski definition) is 1. The molecule has 0 atom stereocenters. The first-order chi connectivity index (χ1) is 12.0. The van der Waals surface area contributed by atoms with E-state index < -0.39 is 10.0 Å². The van der Waals surface area contributed by atoms with Gasteiger partial charge in [-0.25, -0.2) is 13.6 Å². The molecule has 0 bridgehead atoms. The Labute approximate surface area is 147 Å². The fourth-order valence-electron chi connectivity index (χ4n) is 2.85. The summed E-state index contributed by atoms with van der Waals surface area (Å²) in [7, 11) is -2.15. The first-order valence-electron chi connectivity index (χ1n) is 7.80. The second-order valence-corrected chi connectivity index (χ2v) is 7.25. The van der Waals surface area contributed by atoms with E-state index >= 15 is 0 Å². The first-order valence-corrected chi connectivity index (χ1v) is 9.35. The van der Waals surface area contributed by atoms with Crippen LogP contribution < -0.4 is 5.14 Å². The van der Waals surface area contributed by atoms with Crippen molar-refractivity contribution in [1.82, 2.24) is 0 Å². The van der Waals surface area contributed by atoms with Gasteiger partial charge in [0.2, 0.25) is 10.0 Å². The maximum Gasteiger partial charge on any atom is 0.238 e. The summed E-state index contributed by atoms with van der Waals surface area (Å²) >= 11 is 0. The molecule has 0 spiro atoms. The van der Waals surface area contributed by atoms with Crippen LogP contribution in [0.5, 0.6) is 0 Å². The molecule has 0 aliphatic rings. The summed E-state index contributed by atoms with van der Waals surface area (Å²) in [5, 5.41) is 5.40. The van der Waals surface area contributed by atoms with Gasteiger partial charge in [-0.05, 0) is 28.3 Å². The molecule has 0 aliphatic heterocycles. The van der Waals surface area contributed by atoms with E-state index in [2.05, 4.69) is 0 Å². The molecule has 3 rings (SSSR count). The van der Waals surface area contributed by atoms with Gasteiger partial charge in [-0.2, -0.15) is 0 Å². The largest absolute Gasteiger partial charge is 0.380 e. The molecule has 0 fully saturated rings. The fraction of sp³-hybridized carbons (Fsp3) is 0.100. The molecule has 128 valence electrons. The summed E-state index contributed by atoms with van der Waals surface area (Å²) in [4.78, 5) is 0.124. The number of nitrogens with two attached hydrogens (primary N) is 1. The molecule has 0 saturated carbocycles. The van der Waals surface area contributed by atoms with Crippen molar-refractivity contribution in [3.63, 3.8) is 0 Å². The molecule has 3 aromatic rings. The third-order valence-electron chi connectivity index (χ3n) is 3.99. The van der Waals surface area contributed by atoms with Crippen LogP contribution in [-0.2, 0) is 21.4 Å². The molecule has 25 heavy (non-hydrogen) atoms. The quantitative estimate of drug-likeness (QED) is 0.758. The van der Waals surface area contributed by atoms with Crippen molar-refractivity contribution in [2.75, 3.05) is 7.11 Å². The molecular weight excluding hydrogens is 334 g/mol. The summed E-state index contributed by atoms with van der Waals surface area (Å²) in [6.45, 7) is 0.552. The van der Waals surface area contributed by atoms with Crippen molar-refractivity contribution in [2.24, 2.45) is 5.14 Å². The highest BCUT2D eigenvalue weighted by atomic mass is 32.2. The second kappa shape index (κ2) is 7.19. The fourth-order valence-corrected chi connectivity index (χ4v) is 3.61. The Hall–Kier alpha value is -2.47. The minimum atomic E-state index is -3.81. The van der Waals surface area contributed by atoms with Gasteiger partial charge in [-0.15, -0.1) is 0 Å². The van der Waals surface area contributed by atoms with Crippen LogP contribution >= 0.6 is 0 Å². The Kier molecular flexibility index (Phi) is 4.99. The van der Waals surface area contributed by atoms with Gasteiger partial charge in [-0.1, -0.05) is 66.7 Å². The Morgan fingerprint density at radius 1 is 0.800 bits per heavy atom. The summed E-state index contributed by atoms with van der Waals surface area (Å²) in [5.74, 6) is 0. The van der Waals surface area contributed by atoms with E-state index in [1.54, 1.807) is 19.2 Å². The lowest BCUT2D eigenvalue weighted by Gasteiger charge is -2.13. The average molecular weight is 353 g/mol. The zero-order valence-electron chi connectivity index (χ0n) is 13.8. The standard InChI is InChI=1S/C20H19NO3S/c1-24-14-15-10-12-16(13-11-15)17-6-2-3-7-18(17)19-8-4-5-9-20(19)25(21,22)23/h2-13H,14H2,1H3,(H2,21,22,23). The number of ether oxygens (including phenoxy) is 1. The minimum absolute atomic E-state index is 0.124. The van der Waals surface area contributed by atoms with Gasteiger partial charge in [0, 0.05) is 12.7 Å². The third-order valence-corrected chi connectivity index (χ3v) is 4.96. The first kappa shape index (κ1) is 17.4. The Morgan fingerprint density at radius 2 is 1.36 bits per heavy atom. The molecule has 5 heteroatoms. The van der Waals surface area contributed by atoms with Crippen LogP contribution in [0.25, 0.3) is 22.3 Å². The number of primary sulfonamides is 1. The summed E-state index contributed by atoms with van der Waals surface area (Å²) in [6.07, 6.45) is 0. The maximum atomic E-state index is 12.0. The van der Waals surface area contributed by atoms with Gasteiger partial charge >= 0.3 is 0 Å². The normalized spacial score (nSPS) is 11.4. The molecule has 0 saturated heterocycles. The lowest BCUT2D eigenvalue weighted by atomic mass is 9.94. The average Bonchev–Trinajstić information content (AvgIpc) is 2.62. The van der Waals surface area contributed by atoms with Crippen LogP contribution in [0.15, 0.2) is 77.7 Å². The van der Waals surface area contributed by atoms with Gasteiger partial charge in [0.25, 0.3) is 0 Å². The Bertz CT molecular complexity index is 980. The summed E-state index contributed by atoms with van der Waals surface area (Å²) in [5.41, 5.74) is 4.45. The maximum absolute atomic E-state index is 12.0. The van der Waals surface area contributed by atoms with Crippen LogP contribution in [-0.4, -0.2) is 15.5 Å². The number of rotatable bonds is 5. The van der Waals surface area contributed by atoms with Crippen LogP contribution in [0.4, 0.5) is 0 Å². The lowest BCUT2D eigenvalue weighted by molar-refractivity contribution is 0.185. The van der Waals surface area contributed by atoms with Crippen LogP contribution in [0.1, 0.15) is 5.56 Å². The minimum Gasteiger partial charge on any atom is -0.380 e. The number of hydrogen-bond acceptors (Lipinski definition) is 3.